The number of nitrogens with zero attached hydrogens (tertiary/aromatic N) is 1. The van der Waals surface area contributed by atoms with E-state index in [1.807, 2.05) is 0 Å². The highest BCUT2D eigenvalue weighted by Gasteiger charge is 2.14. The summed E-state index contributed by atoms with van der Waals surface area (Å²) in [5.74, 6) is 2.53. The van der Waals surface area contributed by atoms with Crippen molar-refractivity contribution in [2.24, 2.45) is 0 Å². The zero-order valence-electron chi connectivity index (χ0n) is 10.6. The minimum Gasteiger partial charge on any atom is -0.381 e. The van der Waals surface area contributed by atoms with E-state index in [1.54, 1.807) is 0 Å². The summed E-state index contributed by atoms with van der Waals surface area (Å²) >= 11 is 2.05. The number of para-hydroxylation sites is 1. The van der Waals surface area contributed by atoms with Crippen LogP contribution in [0.15, 0.2) is 30.3 Å². The van der Waals surface area contributed by atoms with Gasteiger partial charge in [-0.25, -0.2) is 0 Å². The van der Waals surface area contributed by atoms with Gasteiger partial charge in [-0.1, -0.05) is 18.2 Å². The van der Waals surface area contributed by atoms with E-state index in [-0.39, 0.29) is 0 Å². The molecule has 0 spiro atoms. The van der Waals surface area contributed by atoms with Crippen LogP contribution in [0.1, 0.15) is 18.5 Å². The van der Waals surface area contributed by atoms with Crippen LogP contribution in [0.3, 0.4) is 0 Å². The van der Waals surface area contributed by atoms with Crippen molar-refractivity contribution in [3.63, 3.8) is 0 Å². The van der Waals surface area contributed by atoms with Gasteiger partial charge >= 0.3 is 0 Å². The van der Waals surface area contributed by atoms with Crippen molar-refractivity contribution >= 4 is 28.4 Å². The third kappa shape index (κ3) is 2.46. The van der Waals surface area contributed by atoms with E-state index in [4.69, 9.17) is 0 Å². The average Bonchev–Trinajstić information content (AvgIpc) is 2.40. The first-order valence-electron chi connectivity index (χ1n) is 6.53. The number of benzene rings is 1. The van der Waals surface area contributed by atoms with Crippen LogP contribution in [0.5, 0.6) is 0 Å². The predicted octanol–water partition coefficient (Wildman–Crippen LogP) is 3.85. The number of aromatic nitrogens is 1. The summed E-state index contributed by atoms with van der Waals surface area (Å²) in [6.45, 7) is 2.06. The molecule has 0 radical (unpaired) electrons. The van der Waals surface area contributed by atoms with Crippen molar-refractivity contribution in [2.75, 3.05) is 16.8 Å². The summed E-state index contributed by atoms with van der Waals surface area (Å²) in [4.78, 5) is 4.58. The van der Waals surface area contributed by atoms with E-state index < -0.39 is 0 Å². The molecule has 2 nitrogen and oxygen atoms in total. The maximum Gasteiger partial charge on any atom is 0.0725 e. The molecule has 1 saturated heterocycles. The Balaban J connectivity index is 1.94. The van der Waals surface area contributed by atoms with Gasteiger partial charge in [-0.2, -0.15) is 11.8 Å². The number of rotatable bonds is 2. The van der Waals surface area contributed by atoms with Crippen molar-refractivity contribution in [2.45, 2.75) is 25.8 Å². The zero-order chi connectivity index (χ0) is 12.4. The molecule has 1 N–H and O–H groups in total. The Hall–Kier alpha value is -1.22. The molecule has 2 aromatic rings. The van der Waals surface area contributed by atoms with E-state index in [0.29, 0.717) is 6.04 Å². The van der Waals surface area contributed by atoms with Crippen LogP contribution in [-0.4, -0.2) is 22.5 Å². The fourth-order valence-corrected chi connectivity index (χ4v) is 3.57. The normalized spacial score (nSPS) is 19.9. The standard InChI is InChI=1S/C15H18N2S/c1-11-9-15(17-12-5-4-8-18-10-12)13-6-2-3-7-14(13)16-11/h2-3,6-7,9,12H,4-5,8,10H2,1H3,(H,16,17). The summed E-state index contributed by atoms with van der Waals surface area (Å²) in [5, 5.41) is 4.94. The van der Waals surface area contributed by atoms with Gasteiger partial charge in [-0.15, -0.1) is 0 Å². The molecule has 0 bridgehead atoms. The number of anilines is 1. The first-order valence-corrected chi connectivity index (χ1v) is 7.69. The second kappa shape index (κ2) is 5.19. The number of fused-ring (bicyclic) bond motifs is 1. The van der Waals surface area contributed by atoms with Crippen LogP contribution < -0.4 is 5.32 Å². The van der Waals surface area contributed by atoms with Gasteiger partial charge in [0, 0.05) is 28.6 Å². The lowest BCUT2D eigenvalue weighted by atomic mass is 10.1. The van der Waals surface area contributed by atoms with E-state index in [1.165, 1.54) is 35.4 Å². The number of hydrogen-bond donors (Lipinski definition) is 1. The maximum atomic E-state index is 4.58. The number of aryl methyl sites for hydroxylation is 1. The molecule has 0 aliphatic carbocycles. The Kier molecular flexibility index (Phi) is 3.41. The number of pyridine rings is 1. The molecule has 2 heterocycles. The van der Waals surface area contributed by atoms with Crippen LogP contribution in [0.4, 0.5) is 5.69 Å². The predicted molar refractivity (Wildman–Crippen MR) is 80.4 cm³/mol. The van der Waals surface area contributed by atoms with Crippen molar-refractivity contribution in [1.29, 1.82) is 0 Å². The molecule has 1 atom stereocenters. The first kappa shape index (κ1) is 11.8. The SMILES string of the molecule is Cc1cc(NC2CCCSC2)c2ccccc2n1. The fourth-order valence-electron chi connectivity index (χ4n) is 2.50. The Labute approximate surface area is 112 Å². The largest absolute Gasteiger partial charge is 0.381 e. The molecule has 3 heteroatoms. The maximum absolute atomic E-state index is 4.58. The fraction of sp³-hybridized carbons (Fsp3) is 0.400. The second-order valence-corrected chi connectivity index (χ2v) is 6.04. The van der Waals surface area contributed by atoms with E-state index >= 15 is 0 Å². The molecule has 1 aliphatic rings. The molecule has 18 heavy (non-hydrogen) atoms. The van der Waals surface area contributed by atoms with Gasteiger partial charge in [0.05, 0.1) is 5.52 Å². The Morgan fingerprint density at radius 3 is 3.06 bits per heavy atom. The third-order valence-corrected chi connectivity index (χ3v) is 4.58. The molecule has 1 unspecified atom stereocenters. The van der Waals surface area contributed by atoms with Crippen LogP contribution >= 0.6 is 11.8 Å². The van der Waals surface area contributed by atoms with Crippen LogP contribution in [0, 0.1) is 6.92 Å². The van der Waals surface area contributed by atoms with Gasteiger partial charge in [0.25, 0.3) is 0 Å². The van der Waals surface area contributed by atoms with Crippen molar-refractivity contribution in [1.82, 2.24) is 4.98 Å². The molecule has 1 aromatic carbocycles. The Morgan fingerprint density at radius 1 is 1.33 bits per heavy atom. The molecule has 0 amide bonds. The Morgan fingerprint density at radius 2 is 2.22 bits per heavy atom. The zero-order valence-corrected chi connectivity index (χ0v) is 11.5. The van der Waals surface area contributed by atoms with E-state index in [2.05, 4.69) is 59.3 Å². The lowest BCUT2D eigenvalue weighted by Gasteiger charge is -2.24. The number of nitrogens with one attached hydrogen (secondary N) is 1. The summed E-state index contributed by atoms with van der Waals surface area (Å²) < 4.78 is 0. The summed E-state index contributed by atoms with van der Waals surface area (Å²) in [7, 11) is 0. The van der Waals surface area contributed by atoms with Gasteiger partial charge in [0.15, 0.2) is 0 Å². The quantitative estimate of drug-likeness (QED) is 0.885. The van der Waals surface area contributed by atoms with E-state index in [0.717, 1.165) is 11.2 Å². The molecule has 94 valence electrons. The van der Waals surface area contributed by atoms with Gasteiger partial charge < -0.3 is 5.32 Å². The number of thioether (sulfide) groups is 1. The molecule has 3 rings (SSSR count). The van der Waals surface area contributed by atoms with Gasteiger partial charge in [0.2, 0.25) is 0 Å². The monoisotopic (exact) mass is 258 g/mol. The second-order valence-electron chi connectivity index (χ2n) is 4.89. The summed E-state index contributed by atoms with van der Waals surface area (Å²) in [6.07, 6.45) is 2.60. The van der Waals surface area contributed by atoms with Gasteiger partial charge in [0.1, 0.15) is 0 Å². The molecule has 1 fully saturated rings. The van der Waals surface area contributed by atoms with Gasteiger partial charge in [-0.3, -0.25) is 4.98 Å². The Bertz CT molecular complexity index is 547. The number of hydrogen-bond acceptors (Lipinski definition) is 3. The van der Waals surface area contributed by atoms with Gasteiger partial charge in [-0.05, 0) is 37.7 Å². The lowest BCUT2D eigenvalue weighted by Crippen LogP contribution is -2.25. The molecular weight excluding hydrogens is 240 g/mol. The highest BCUT2D eigenvalue weighted by atomic mass is 32.2. The highest BCUT2D eigenvalue weighted by molar-refractivity contribution is 7.99. The minimum atomic E-state index is 0.606. The van der Waals surface area contributed by atoms with Crippen molar-refractivity contribution in [3.8, 4) is 0 Å². The van der Waals surface area contributed by atoms with Crippen molar-refractivity contribution < 1.29 is 0 Å². The highest BCUT2D eigenvalue weighted by Crippen LogP contribution is 2.26. The van der Waals surface area contributed by atoms with Crippen LogP contribution in [0.2, 0.25) is 0 Å². The first-order chi connectivity index (χ1) is 8.83. The third-order valence-electron chi connectivity index (χ3n) is 3.36. The molecule has 1 aromatic heterocycles. The average molecular weight is 258 g/mol. The van der Waals surface area contributed by atoms with Crippen LogP contribution in [0.25, 0.3) is 10.9 Å². The smallest absolute Gasteiger partial charge is 0.0725 e. The molecular formula is C15H18N2S. The minimum absolute atomic E-state index is 0.606. The topological polar surface area (TPSA) is 24.9 Å². The van der Waals surface area contributed by atoms with E-state index in [9.17, 15) is 0 Å². The summed E-state index contributed by atoms with van der Waals surface area (Å²) in [6, 6.07) is 11.1. The summed E-state index contributed by atoms with van der Waals surface area (Å²) in [5.41, 5.74) is 3.41. The van der Waals surface area contributed by atoms with Crippen molar-refractivity contribution in [3.05, 3.63) is 36.0 Å². The molecule has 0 saturated carbocycles. The lowest BCUT2D eigenvalue weighted by molar-refractivity contribution is 0.686. The molecule has 1 aliphatic heterocycles. The van der Waals surface area contributed by atoms with Crippen LogP contribution in [-0.2, 0) is 0 Å².